The van der Waals surface area contributed by atoms with Crippen molar-refractivity contribution in [3.8, 4) is 0 Å². The molecule has 0 atom stereocenters. The fourth-order valence-corrected chi connectivity index (χ4v) is 3.52. The molecule has 2 aromatic rings. The van der Waals surface area contributed by atoms with Crippen LogP contribution in [0.2, 0.25) is 0 Å². The van der Waals surface area contributed by atoms with Crippen LogP contribution >= 0.6 is 11.8 Å². The van der Waals surface area contributed by atoms with E-state index in [0.717, 1.165) is 17.0 Å². The molecule has 2 amide bonds. The van der Waals surface area contributed by atoms with Crippen molar-refractivity contribution >= 4 is 40.6 Å². The number of thioether (sulfide) groups is 1. The van der Waals surface area contributed by atoms with Crippen LogP contribution < -0.4 is 15.5 Å². The van der Waals surface area contributed by atoms with Gasteiger partial charge in [-0.05, 0) is 56.3 Å². The van der Waals surface area contributed by atoms with Crippen LogP contribution in [0.3, 0.4) is 0 Å². The van der Waals surface area contributed by atoms with E-state index in [1.807, 2.05) is 18.7 Å². The Morgan fingerprint density at radius 2 is 1.63 bits per heavy atom. The van der Waals surface area contributed by atoms with Gasteiger partial charge in [-0.1, -0.05) is 0 Å². The van der Waals surface area contributed by atoms with Gasteiger partial charge in [0, 0.05) is 30.6 Å². The van der Waals surface area contributed by atoms with Crippen LogP contribution in [0.25, 0.3) is 0 Å². The summed E-state index contributed by atoms with van der Waals surface area (Å²) in [5.74, 6) is -0.550. The Kier molecular flexibility index (Phi) is 8.16. The van der Waals surface area contributed by atoms with Gasteiger partial charge in [-0.2, -0.15) is 13.2 Å². The molecule has 0 spiro atoms. The summed E-state index contributed by atoms with van der Waals surface area (Å²) in [6.07, 6.45) is -4.49. The Balaban J connectivity index is 2.11. The van der Waals surface area contributed by atoms with Gasteiger partial charge in [0.2, 0.25) is 11.8 Å². The monoisotopic (exact) mass is 439 g/mol. The molecule has 9 heteroatoms. The van der Waals surface area contributed by atoms with Crippen LogP contribution in [-0.2, 0) is 15.8 Å². The smallest absolute Gasteiger partial charge is 0.370 e. The normalized spacial score (nSPS) is 11.1. The number of amides is 2. The molecule has 30 heavy (non-hydrogen) atoms. The molecule has 0 unspecified atom stereocenters. The number of nitrogens with one attached hydrogen (secondary N) is 2. The zero-order valence-corrected chi connectivity index (χ0v) is 17.8. The molecule has 162 valence electrons. The van der Waals surface area contributed by atoms with Gasteiger partial charge in [0.15, 0.2) is 0 Å². The standard InChI is InChI=1S/C21H24F3N3O2S/c1-4-27(5-2)19-11-6-15(21(22,23)24)12-18(19)26-20(29)13-30-17-9-7-16(8-10-17)25-14(3)28/h6-12H,4-5,13H2,1-3H3,(H,25,28)(H,26,29). The zero-order valence-electron chi connectivity index (χ0n) is 17.0. The highest BCUT2D eigenvalue weighted by atomic mass is 32.2. The number of halogens is 3. The van der Waals surface area contributed by atoms with Gasteiger partial charge < -0.3 is 15.5 Å². The first kappa shape index (κ1) is 23.6. The van der Waals surface area contributed by atoms with E-state index >= 15 is 0 Å². The second-order valence-corrected chi connectivity index (χ2v) is 7.49. The van der Waals surface area contributed by atoms with Crippen LogP contribution in [0.15, 0.2) is 47.4 Å². The molecule has 0 aromatic heterocycles. The second-order valence-electron chi connectivity index (χ2n) is 6.44. The minimum absolute atomic E-state index is 0.0351. The number of benzene rings is 2. The minimum atomic E-state index is -4.49. The first-order valence-electron chi connectivity index (χ1n) is 9.40. The molecular formula is C21H24F3N3O2S. The first-order valence-corrected chi connectivity index (χ1v) is 10.4. The molecule has 2 N–H and O–H groups in total. The van der Waals surface area contributed by atoms with E-state index < -0.39 is 17.6 Å². The number of hydrogen-bond donors (Lipinski definition) is 2. The van der Waals surface area contributed by atoms with Crippen molar-refractivity contribution in [2.45, 2.75) is 31.8 Å². The van der Waals surface area contributed by atoms with Gasteiger partial charge in [0.1, 0.15) is 0 Å². The molecule has 0 aliphatic heterocycles. The van der Waals surface area contributed by atoms with Crippen molar-refractivity contribution in [2.24, 2.45) is 0 Å². The number of alkyl halides is 3. The number of carbonyl (C=O) groups is 2. The number of carbonyl (C=O) groups excluding carboxylic acids is 2. The number of nitrogens with zero attached hydrogens (tertiary/aromatic N) is 1. The average Bonchev–Trinajstić information content (AvgIpc) is 2.68. The molecule has 5 nitrogen and oxygen atoms in total. The zero-order chi connectivity index (χ0) is 22.3. The molecule has 0 saturated carbocycles. The number of anilines is 3. The molecule has 0 heterocycles. The third-order valence-electron chi connectivity index (χ3n) is 4.25. The third-order valence-corrected chi connectivity index (χ3v) is 5.26. The Morgan fingerprint density at radius 1 is 1.00 bits per heavy atom. The molecule has 0 saturated heterocycles. The molecule has 2 rings (SSSR count). The summed E-state index contributed by atoms with van der Waals surface area (Å²) in [4.78, 5) is 26.1. The lowest BCUT2D eigenvalue weighted by atomic mass is 10.1. The van der Waals surface area contributed by atoms with Gasteiger partial charge in [-0.25, -0.2) is 0 Å². The SMILES string of the molecule is CCN(CC)c1ccc(C(F)(F)F)cc1NC(=O)CSc1ccc(NC(C)=O)cc1. The van der Waals surface area contributed by atoms with Gasteiger partial charge >= 0.3 is 6.18 Å². The van der Waals surface area contributed by atoms with E-state index in [-0.39, 0.29) is 17.3 Å². The molecule has 0 fully saturated rings. The first-order chi connectivity index (χ1) is 14.1. The highest BCUT2D eigenvalue weighted by Crippen LogP contribution is 2.35. The minimum Gasteiger partial charge on any atom is -0.370 e. The molecule has 2 aromatic carbocycles. The van der Waals surface area contributed by atoms with Crippen LogP contribution in [-0.4, -0.2) is 30.7 Å². The Bertz CT molecular complexity index is 882. The largest absolute Gasteiger partial charge is 0.416 e. The average molecular weight is 440 g/mol. The molecule has 0 aliphatic rings. The molecule has 0 radical (unpaired) electrons. The summed E-state index contributed by atoms with van der Waals surface area (Å²) in [5.41, 5.74) is 0.519. The Hall–Kier alpha value is -2.68. The summed E-state index contributed by atoms with van der Waals surface area (Å²) >= 11 is 1.25. The number of hydrogen-bond acceptors (Lipinski definition) is 4. The maximum atomic E-state index is 13.1. The third kappa shape index (κ3) is 6.69. The van der Waals surface area contributed by atoms with Gasteiger partial charge in [-0.3, -0.25) is 9.59 Å². The lowest BCUT2D eigenvalue weighted by Gasteiger charge is -2.25. The van der Waals surface area contributed by atoms with Crippen LogP contribution in [0, 0.1) is 0 Å². The molecule has 0 bridgehead atoms. The molecule has 0 aliphatic carbocycles. The van der Waals surface area contributed by atoms with E-state index in [9.17, 15) is 22.8 Å². The summed E-state index contributed by atoms with van der Waals surface area (Å²) in [7, 11) is 0. The molecular weight excluding hydrogens is 415 g/mol. The van der Waals surface area contributed by atoms with E-state index in [1.165, 1.54) is 24.8 Å². The van der Waals surface area contributed by atoms with Crippen LogP contribution in [0.1, 0.15) is 26.3 Å². The maximum absolute atomic E-state index is 13.1. The van der Waals surface area contributed by atoms with E-state index in [4.69, 9.17) is 0 Å². The Labute approximate surface area is 178 Å². The van der Waals surface area contributed by atoms with E-state index in [2.05, 4.69) is 10.6 Å². The van der Waals surface area contributed by atoms with Gasteiger partial charge in [0.25, 0.3) is 0 Å². The van der Waals surface area contributed by atoms with E-state index in [0.29, 0.717) is 24.5 Å². The summed E-state index contributed by atoms with van der Waals surface area (Å²) in [6.45, 7) is 6.40. The maximum Gasteiger partial charge on any atom is 0.416 e. The van der Waals surface area contributed by atoms with Crippen molar-refractivity contribution in [3.05, 3.63) is 48.0 Å². The van der Waals surface area contributed by atoms with Crippen molar-refractivity contribution in [2.75, 3.05) is 34.4 Å². The Morgan fingerprint density at radius 3 is 2.17 bits per heavy atom. The fraction of sp³-hybridized carbons (Fsp3) is 0.333. The summed E-state index contributed by atoms with van der Waals surface area (Å²) in [5, 5.41) is 5.27. The summed E-state index contributed by atoms with van der Waals surface area (Å²) in [6, 6.07) is 10.3. The van der Waals surface area contributed by atoms with Crippen LogP contribution in [0.5, 0.6) is 0 Å². The van der Waals surface area contributed by atoms with E-state index in [1.54, 1.807) is 24.3 Å². The number of rotatable bonds is 8. The van der Waals surface area contributed by atoms with Gasteiger partial charge in [-0.15, -0.1) is 11.8 Å². The second kappa shape index (κ2) is 10.4. The van der Waals surface area contributed by atoms with Crippen LogP contribution in [0.4, 0.5) is 30.2 Å². The van der Waals surface area contributed by atoms with Crippen molar-refractivity contribution in [3.63, 3.8) is 0 Å². The summed E-state index contributed by atoms with van der Waals surface area (Å²) < 4.78 is 39.4. The predicted octanol–water partition coefficient (Wildman–Crippen LogP) is 5.24. The highest BCUT2D eigenvalue weighted by Gasteiger charge is 2.31. The van der Waals surface area contributed by atoms with Crippen molar-refractivity contribution in [1.82, 2.24) is 0 Å². The van der Waals surface area contributed by atoms with Crippen molar-refractivity contribution in [1.29, 1.82) is 0 Å². The predicted molar refractivity (Wildman–Crippen MR) is 115 cm³/mol. The van der Waals surface area contributed by atoms with Crippen molar-refractivity contribution < 1.29 is 22.8 Å². The quantitative estimate of drug-likeness (QED) is 0.552. The highest BCUT2D eigenvalue weighted by molar-refractivity contribution is 8.00. The lowest BCUT2D eigenvalue weighted by Crippen LogP contribution is -2.25. The van der Waals surface area contributed by atoms with Gasteiger partial charge in [0.05, 0.1) is 22.7 Å². The fourth-order valence-electron chi connectivity index (χ4n) is 2.83. The lowest BCUT2D eigenvalue weighted by molar-refractivity contribution is -0.137. The topological polar surface area (TPSA) is 61.4 Å².